The lowest BCUT2D eigenvalue weighted by molar-refractivity contribution is 0.0951. The predicted molar refractivity (Wildman–Crippen MR) is 106 cm³/mol. The van der Waals surface area contributed by atoms with Crippen LogP contribution >= 0.6 is 0 Å². The minimum absolute atomic E-state index is 0.136. The number of hydrogen-bond acceptors (Lipinski definition) is 4. The van der Waals surface area contributed by atoms with Crippen LogP contribution in [0.1, 0.15) is 48.8 Å². The number of hydrogen-bond donors (Lipinski definition) is 1. The zero-order valence-electron chi connectivity index (χ0n) is 16.4. The summed E-state index contributed by atoms with van der Waals surface area (Å²) in [6.07, 6.45) is 3.31. The first kappa shape index (κ1) is 19.8. The Labute approximate surface area is 163 Å². The fraction of sp³-hybridized carbons (Fsp3) is 0.381. The summed E-state index contributed by atoms with van der Waals surface area (Å²) < 4.78 is 20.2. The highest BCUT2D eigenvalue weighted by Crippen LogP contribution is 2.19. The fourth-order valence-electron chi connectivity index (χ4n) is 2.92. The number of nitrogens with zero attached hydrogens (tertiary/aromatic N) is 3. The van der Waals surface area contributed by atoms with Crippen molar-refractivity contribution in [3.05, 3.63) is 53.6 Å². The van der Waals surface area contributed by atoms with Crippen LogP contribution in [0.3, 0.4) is 0 Å². The van der Waals surface area contributed by atoms with Crippen LogP contribution < -0.4 is 10.1 Å². The molecule has 3 aromatic rings. The maximum absolute atomic E-state index is 12.8. The molecular weight excluding hydrogens is 359 g/mol. The fourth-order valence-corrected chi connectivity index (χ4v) is 2.92. The second-order valence-electron chi connectivity index (χ2n) is 6.98. The zero-order chi connectivity index (χ0) is 20.1. The highest BCUT2D eigenvalue weighted by molar-refractivity contribution is 5.98. The number of unbranched alkanes of at least 4 members (excludes halogenated alkanes) is 1. The lowest BCUT2D eigenvalue weighted by Crippen LogP contribution is -2.25. The number of benzene rings is 1. The number of fused-ring (bicyclic) bond motifs is 1. The van der Waals surface area contributed by atoms with Crippen LogP contribution in [0.2, 0.25) is 0 Å². The molecule has 6 nitrogen and oxygen atoms in total. The molecule has 28 heavy (non-hydrogen) atoms. The molecule has 0 aliphatic heterocycles. The Bertz CT molecular complexity index is 951. The first-order chi connectivity index (χ1) is 13.5. The molecule has 148 valence electrons. The molecule has 0 spiro atoms. The minimum Gasteiger partial charge on any atom is -0.494 e. The van der Waals surface area contributed by atoms with Gasteiger partial charge in [0.15, 0.2) is 5.65 Å². The Balaban J connectivity index is 1.48. The van der Waals surface area contributed by atoms with Gasteiger partial charge in [-0.2, -0.15) is 5.10 Å². The van der Waals surface area contributed by atoms with Crippen molar-refractivity contribution < 1.29 is 13.9 Å². The molecule has 0 radical (unpaired) electrons. The van der Waals surface area contributed by atoms with E-state index in [4.69, 9.17) is 4.74 Å². The summed E-state index contributed by atoms with van der Waals surface area (Å²) in [6, 6.07) is 7.99. The second kappa shape index (κ2) is 8.82. The van der Waals surface area contributed by atoms with Crippen LogP contribution in [-0.4, -0.2) is 33.8 Å². The average Bonchev–Trinajstić information content (AvgIpc) is 3.08. The number of carbonyl (C=O) groups is 1. The molecule has 2 heterocycles. The molecule has 0 saturated heterocycles. The summed E-state index contributed by atoms with van der Waals surface area (Å²) >= 11 is 0. The lowest BCUT2D eigenvalue weighted by Gasteiger charge is -2.10. The maximum atomic E-state index is 12.8. The molecule has 2 aromatic heterocycles. The zero-order valence-corrected chi connectivity index (χ0v) is 16.4. The number of aryl methyl sites for hydroxylation is 1. The van der Waals surface area contributed by atoms with Gasteiger partial charge in [0.2, 0.25) is 0 Å². The van der Waals surface area contributed by atoms with Gasteiger partial charge in [-0.1, -0.05) is 0 Å². The van der Waals surface area contributed by atoms with Gasteiger partial charge in [0.25, 0.3) is 5.91 Å². The second-order valence-corrected chi connectivity index (χ2v) is 6.98. The molecule has 1 N–H and O–H groups in total. The Kier molecular flexibility index (Phi) is 6.23. The van der Waals surface area contributed by atoms with Gasteiger partial charge in [0.1, 0.15) is 11.6 Å². The molecule has 0 fully saturated rings. The number of carbonyl (C=O) groups excluding carboxylic acids is 1. The predicted octanol–water partition coefficient (Wildman–Crippen LogP) is 4.05. The van der Waals surface area contributed by atoms with E-state index in [0.717, 1.165) is 23.9 Å². The van der Waals surface area contributed by atoms with E-state index in [2.05, 4.69) is 15.4 Å². The monoisotopic (exact) mass is 384 g/mol. The first-order valence-electron chi connectivity index (χ1n) is 9.47. The van der Waals surface area contributed by atoms with E-state index in [9.17, 15) is 9.18 Å². The summed E-state index contributed by atoms with van der Waals surface area (Å²) in [6.45, 7) is 6.99. The lowest BCUT2D eigenvalue weighted by atomic mass is 10.1. The number of nitrogens with one attached hydrogen (secondary N) is 1. The van der Waals surface area contributed by atoms with Crippen molar-refractivity contribution in [2.45, 2.75) is 39.7 Å². The number of aromatic nitrogens is 3. The third-order valence-corrected chi connectivity index (χ3v) is 4.43. The van der Waals surface area contributed by atoms with Crippen molar-refractivity contribution in [3.63, 3.8) is 0 Å². The van der Waals surface area contributed by atoms with E-state index < -0.39 is 0 Å². The van der Waals surface area contributed by atoms with Gasteiger partial charge in [-0.15, -0.1) is 0 Å². The van der Waals surface area contributed by atoms with E-state index in [1.165, 1.54) is 12.1 Å². The van der Waals surface area contributed by atoms with Gasteiger partial charge in [0, 0.05) is 18.0 Å². The number of amides is 1. The van der Waals surface area contributed by atoms with Crippen molar-refractivity contribution in [2.75, 3.05) is 13.2 Å². The molecule has 0 unspecified atom stereocenters. The molecule has 0 saturated carbocycles. The van der Waals surface area contributed by atoms with E-state index in [1.807, 2.05) is 31.5 Å². The quantitative estimate of drug-likeness (QED) is 0.595. The molecule has 0 aliphatic rings. The normalized spacial score (nSPS) is 11.2. The van der Waals surface area contributed by atoms with Crippen LogP contribution in [0.5, 0.6) is 5.75 Å². The van der Waals surface area contributed by atoms with Crippen LogP contribution in [0.25, 0.3) is 11.0 Å². The standard InChI is InChI=1S/C21H25FN4O2/c1-14(2)26-20-16(13-24-26)12-19(15(3)25-20)21(27)23-10-4-5-11-28-18-8-6-17(22)7-9-18/h6-9,12-14H,4-5,10-11H2,1-3H3,(H,23,27). The van der Waals surface area contributed by atoms with Crippen LogP contribution in [0.4, 0.5) is 4.39 Å². The van der Waals surface area contributed by atoms with E-state index >= 15 is 0 Å². The van der Waals surface area contributed by atoms with Gasteiger partial charge < -0.3 is 10.1 Å². The van der Waals surface area contributed by atoms with E-state index in [-0.39, 0.29) is 17.8 Å². The van der Waals surface area contributed by atoms with Crippen molar-refractivity contribution >= 4 is 16.9 Å². The highest BCUT2D eigenvalue weighted by atomic mass is 19.1. The third kappa shape index (κ3) is 4.65. The van der Waals surface area contributed by atoms with Crippen LogP contribution in [-0.2, 0) is 0 Å². The molecule has 3 rings (SSSR count). The topological polar surface area (TPSA) is 69.0 Å². The Morgan fingerprint density at radius 1 is 1.25 bits per heavy atom. The number of halogens is 1. The van der Waals surface area contributed by atoms with Crippen molar-refractivity contribution in [1.82, 2.24) is 20.1 Å². The summed E-state index contributed by atoms with van der Waals surface area (Å²) in [5.74, 6) is 0.223. The number of ether oxygens (including phenoxy) is 1. The van der Waals surface area contributed by atoms with Gasteiger partial charge in [-0.3, -0.25) is 4.79 Å². The summed E-state index contributed by atoms with van der Waals surface area (Å²) in [5, 5.41) is 8.14. The third-order valence-electron chi connectivity index (χ3n) is 4.43. The van der Waals surface area contributed by atoms with Gasteiger partial charge in [-0.05, 0) is 63.9 Å². The summed E-state index contributed by atoms with van der Waals surface area (Å²) in [4.78, 5) is 17.1. The van der Waals surface area contributed by atoms with Gasteiger partial charge >= 0.3 is 0 Å². The molecule has 0 bridgehead atoms. The molecule has 7 heteroatoms. The van der Waals surface area contributed by atoms with Gasteiger partial charge in [-0.25, -0.2) is 14.1 Å². The smallest absolute Gasteiger partial charge is 0.253 e. The van der Waals surface area contributed by atoms with Crippen molar-refractivity contribution in [1.29, 1.82) is 0 Å². The molecule has 0 atom stereocenters. The molecular formula is C21H25FN4O2. The minimum atomic E-state index is -0.283. The van der Waals surface area contributed by atoms with Crippen molar-refractivity contribution in [3.8, 4) is 5.75 Å². The summed E-state index contributed by atoms with van der Waals surface area (Å²) in [7, 11) is 0. The molecule has 1 aromatic carbocycles. The molecule has 0 aliphatic carbocycles. The number of rotatable bonds is 8. The highest BCUT2D eigenvalue weighted by Gasteiger charge is 2.14. The first-order valence-corrected chi connectivity index (χ1v) is 9.47. The Hall–Kier alpha value is -2.96. The number of pyridine rings is 1. The average molecular weight is 384 g/mol. The maximum Gasteiger partial charge on any atom is 0.253 e. The molecule has 1 amide bonds. The largest absolute Gasteiger partial charge is 0.494 e. The Morgan fingerprint density at radius 3 is 2.71 bits per heavy atom. The van der Waals surface area contributed by atoms with Crippen LogP contribution in [0, 0.1) is 12.7 Å². The van der Waals surface area contributed by atoms with E-state index in [0.29, 0.717) is 30.2 Å². The SMILES string of the molecule is Cc1nc2c(cnn2C(C)C)cc1C(=O)NCCCCOc1ccc(F)cc1. The summed E-state index contributed by atoms with van der Waals surface area (Å²) in [5.41, 5.74) is 2.05. The van der Waals surface area contributed by atoms with Crippen LogP contribution in [0.15, 0.2) is 36.5 Å². The van der Waals surface area contributed by atoms with Gasteiger partial charge in [0.05, 0.1) is 24.1 Å². The Morgan fingerprint density at radius 2 is 2.00 bits per heavy atom. The van der Waals surface area contributed by atoms with E-state index in [1.54, 1.807) is 18.3 Å². The van der Waals surface area contributed by atoms with Crippen molar-refractivity contribution in [2.24, 2.45) is 0 Å².